The number of halogens is 1. The number of nitrogens with zero attached hydrogens (tertiary/aromatic N) is 1. The van der Waals surface area contributed by atoms with Gasteiger partial charge in [-0.15, -0.1) is 0 Å². The summed E-state index contributed by atoms with van der Waals surface area (Å²) < 4.78 is 18.4. The summed E-state index contributed by atoms with van der Waals surface area (Å²) in [7, 11) is 1.53. The number of hydrogen-bond acceptors (Lipinski definition) is 3. The number of carboxylic acid groups (broad SMARTS) is 1. The van der Waals surface area contributed by atoms with Crippen molar-refractivity contribution in [2.75, 3.05) is 20.2 Å². The Labute approximate surface area is 144 Å². The highest BCUT2D eigenvalue weighted by Gasteiger charge is 2.41. The van der Waals surface area contributed by atoms with E-state index in [1.165, 1.54) is 36.3 Å². The van der Waals surface area contributed by atoms with Gasteiger partial charge in [-0.3, -0.25) is 9.59 Å². The van der Waals surface area contributed by atoms with Gasteiger partial charge in [0.25, 0.3) is 5.91 Å². The number of likely N-dealkylation sites (tertiary alicyclic amines) is 1. The van der Waals surface area contributed by atoms with Gasteiger partial charge in [-0.25, -0.2) is 4.39 Å². The number of carbonyl (C=O) groups is 2. The highest BCUT2D eigenvalue weighted by molar-refractivity contribution is 5.95. The van der Waals surface area contributed by atoms with E-state index in [0.717, 1.165) is 5.56 Å². The number of ether oxygens (including phenoxy) is 1. The lowest BCUT2D eigenvalue weighted by molar-refractivity contribution is -0.141. The van der Waals surface area contributed by atoms with Crippen molar-refractivity contribution < 1.29 is 23.8 Å². The molecule has 1 fully saturated rings. The van der Waals surface area contributed by atoms with Crippen LogP contribution in [-0.4, -0.2) is 42.1 Å². The van der Waals surface area contributed by atoms with E-state index in [-0.39, 0.29) is 24.9 Å². The van der Waals surface area contributed by atoms with Crippen molar-refractivity contribution >= 4 is 11.9 Å². The largest absolute Gasteiger partial charge is 0.496 e. The summed E-state index contributed by atoms with van der Waals surface area (Å²) in [5.41, 5.74) is 1.11. The van der Waals surface area contributed by atoms with Crippen molar-refractivity contribution in [1.29, 1.82) is 0 Å². The number of benzene rings is 2. The summed E-state index contributed by atoms with van der Waals surface area (Å²) in [6.45, 7) is 0.377. The summed E-state index contributed by atoms with van der Waals surface area (Å²) in [5, 5.41) is 9.59. The first-order chi connectivity index (χ1) is 12.0. The first kappa shape index (κ1) is 17.0. The fraction of sp³-hybridized carbons (Fsp3) is 0.263. The topological polar surface area (TPSA) is 66.8 Å². The molecule has 0 aliphatic carbocycles. The minimum absolute atomic E-state index is 0.105. The van der Waals surface area contributed by atoms with Crippen LogP contribution in [0, 0.1) is 11.7 Å². The Hall–Kier alpha value is -2.89. The predicted molar refractivity (Wildman–Crippen MR) is 89.2 cm³/mol. The lowest BCUT2D eigenvalue weighted by Crippen LogP contribution is -2.29. The van der Waals surface area contributed by atoms with Crippen LogP contribution in [-0.2, 0) is 4.79 Å². The van der Waals surface area contributed by atoms with Gasteiger partial charge >= 0.3 is 5.97 Å². The van der Waals surface area contributed by atoms with E-state index in [9.17, 15) is 19.1 Å². The molecule has 130 valence electrons. The number of para-hydroxylation sites is 1. The average molecular weight is 343 g/mol. The number of amides is 1. The zero-order chi connectivity index (χ0) is 18.0. The van der Waals surface area contributed by atoms with Gasteiger partial charge in [0.1, 0.15) is 11.6 Å². The second-order valence-corrected chi connectivity index (χ2v) is 6.01. The molecule has 3 rings (SSSR count). The van der Waals surface area contributed by atoms with Gasteiger partial charge in [-0.1, -0.05) is 18.2 Å². The molecule has 0 spiro atoms. The van der Waals surface area contributed by atoms with Crippen LogP contribution in [0.5, 0.6) is 5.75 Å². The van der Waals surface area contributed by atoms with E-state index in [2.05, 4.69) is 0 Å². The summed E-state index contributed by atoms with van der Waals surface area (Å²) >= 11 is 0. The van der Waals surface area contributed by atoms with Crippen molar-refractivity contribution in [3.63, 3.8) is 0 Å². The van der Waals surface area contributed by atoms with Crippen LogP contribution in [0.3, 0.4) is 0 Å². The molecule has 2 unspecified atom stereocenters. The third-order valence-electron chi connectivity index (χ3n) is 4.55. The van der Waals surface area contributed by atoms with Gasteiger partial charge in [0, 0.05) is 24.6 Å². The summed E-state index contributed by atoms with van der Waals surface area (Å²) in [6.07, 6.45) is 0. The fourth-order valence-electron chi connectivity index (χ4n) is 3.28. The van der Waals surface area contributed by atoms with E-state index in [1.807, 2.05) is 18.2 Å². The lowest BCUT2D eigenvalue weighted by atomic mass is 9.88. The van der Waals surface area contributed by atoms with Crippen LogP contribution in [0.25, 0.3) is 0 Å². The molecule has 2 aromatic rings. The molecule has 0 aromatic heterocycles. The van der Waals surface area contributed by atoms with Crippen LogP contribution >= 0.6 is 0 Å². The maximum absolute atomic E-state index is 13.0. The van der Waals surface area contributed by atoms with Crippen molar-refractivity contribution in [2.45, 2.75) is 5.92 Å². The molecule has 1 heterocycles. The molecule has 6 heteroatoms. The van der Waals surface area contributed by atoms with Crippen LogP contribution in [0.1, 0.15) is 21.8 Å². The molecular formula is C19H18FNO4. The van der Waals surface area contributed by atoms with E-state index >= 15 is 0 Å². The van der Waals surface area contributed by atoms with E-state index in [4.69, 9.17) is 4.74 Å². The van der Waals surface area contributed by atoms with Crippen LogP contribution < -0.4 is 4.74 Å². The van der Waals surface area contributed by atoms with Crippen molar-refractivity contribution in [1.82, 2.24) is 4.90 Å². The molecule has 2 aromatic carbocycles. The standard InChI is InChI=1S/C19H18FNO4/c1-25-17-5-3-2-4-14(17)15-10-21(11-16(15)19(23)24)18(22)12-6-8-13(20)9-7-12/h2-9,15-16H,10-11H2,1H3,(H,23,24). The molecular weight excluding hydrogens is 325 g/mol. The first-order valence-corrected chi connectivity index (χ1v) is 7.92. The van der Waals surface area contributed by atoms with Crippen LogP contribution in [0.4, 0.5) is 4.39 Å². The maximum Gasteiger partial charge on any atom is 0.308 e. The number of carbonyl (C=O) groups excluding carboxylic acids is 1. The minimum atomic E-state index is -0.953. The Balaban J connectivity index is 1.89. The summed E-state index contributed by atoms with van der Waals surface area (Å²) in [4.78, 5) is 25.8. The highest BCUT2D eigenvalue weighted by atomic mass is 19.1. The second-order valence-electron chi connectivity index (χ2n) is 6.01. The average Bonchev–Trinajstić information content (AvgIpc) is 3.07. The van der Waals surface area contributed by atoms with Crippen LogP contribution in [0.15, 0.2) is 48.5 Å². The summed E-state index contributed by atoms with van der Waals surface area (Å²) in [6, 6.07) is 12.5. The Morgan fingerprint density at radius 2 is 1.80 bits per heavy atom. The number of methoxy groups -OCH3 is 1. The van der Waals surface area contributed by atoms with E-state index in [0.29, 0.717) is 11.3 Å². The molecule has 1 saturated heterocycles. The number of hydrogen-bond donors (Lipinski definition) is 1. The zero-order valence-corrected chi connectivity index (χ0v) is 13.7. The molecule has 0 bridgehead atoms. The molecule has 5 nitrogen and oxygen atoms in total. The SMILES string of the molecule is COc1ccccc1C1CN(C(=O)c2ccc(F)cc2)CC1C(=O)O. The molecule has 1 amide bonds. The van der Waals surface area contributed by atoms with Gasteiger partial charge in [0.2, 0.25) is 0 Å². The normalized spacial score (nSPS) is 19.7. The molecule has 0 radical (unpaired) electrons. The smallest absolute Gasteiger partial charge is 0.308 e. The third kappa shape index (κ3) is 3.33. The van der Waals surface area contributed by atoms with Gasteiger partial charge in [-0.05, 0) is 35.9 Å². The van der Waals surface area contributed by atoms with E-state index in [1.54, 1.807) is 6.07 Å². The molecule has 25 heavy (non-hydrogen) atoms. The second kappa shape index (κ2) is 6.93. The third-order valence-corrected chi connectivity index (χ3v) is 4.55. The number of aliphatic carboxylic acids is 1. The molecule has 0 saturated carbocycles. The fourth-order valence-corrected chi connectivity index (χ4v) is 3.28. The molecule has 2 atom stereocenters. The zero-order valence-electron chi connectivity index (χ0n) is 13.7. The van der Waals surface area contributed by atoms with Gasteiger partial charge < -0.3 is 14.7 Å². The van der Waals surface area contributed by atoms with Gasteiger partial charge in [0.15, 0.2) is 0 Å². The number of rotatable bonds is 4. The Bertz CT molecular complexity index is 790. The van der Waals surface area contributed by atoms with Crippen molar-refractivity contribution in [3.8, 4) is 5.75 Å². The first-order valence-electron chi connectivity index (χ1n) is 7.92. The predicted octanol–water partition coefficient (Wildman–Crippen LogP) is 2.77. The molecule has 1 aliphatic rings. The highest BCUT2D eigenvalue weighted by Crippen LogP contribution is 2.38. The quantitative estimate of drug-likeness (QED) is 0.927. The van der Waals surface area contributed by atoms with E-state index < -0.39 is 17.7 Å². The molecule has 1 N–H and O–H groups in total. The van der Waals surface area contributed by atoms with Crippen molar-refractivity contribution in [2.24, 2.45) is 5.92 Å². The minimum Gasteiger partial charge on any atom is -0.496 e. The lowest BCUT2D eigenvalue weighted by Gasteiger charge is -2.18. The Morgan fingerprint density at radius 3 is 2.44 bits per heavy atom. The Kier molecular flexibility index (Phi) is 4.70. The Morgan fingerprint density at radius 1 is 1.12 bits per heavy atom. The summed E-state index contributed by atoms with van der Waals surface area (Å²) in [5.74, 6) is -2.16. The van der Waals surface area contributed by atoms with Crippen LogP contribution in [0.2, 0.25) is 0 Å². The maximum atomic E-state index is 13.0. The van der Waals surface area contributed by atoms with Gasteiger partial charge in [-0.2, -0.15) is 0 Å². The van der Waals surface area contributed by atoms with Crippen molar-refractivity contribution in [3.05, 3.63) is 65.5 Å². The molecule has 1 aliphatic heterocycles. The van der Waals surface area contributed by atoms with Gasteiger partial charge in [0.05, 0.1) is 13.0 Å². The monoisotopic (exact) mass is 343 g/mol. The number of carboxylic acids is 1.